The molecule has 1 aromatic rings. The lowest BCUT2D eigenvalue weighted by Crippen LogP contribution is -2.26. The molecule has 2 rings (SSSR count). The summed E-state index contributed by atoms with van der Waals surface area (Å²) in [5.74, 6) is 1.29. The van der Waals surface area contributed by atoms with Gasteiger partial charge >= 0.3 is 0 Å². The van der Waals surface area contributed by atoms with Gasteiger partial charge in [0.05, 0.1) is 13.2 Å². The van der Waals surface area contributed by atoms with Gasteiger partial charge in [0.25, 0.3) is 0 Å². The van der Waals surface area contributed by atoms with Gasteiger partial charge in [-0.05, 0) is 24.7 Å². The SMILES string of the molecule is CC(C)COc1c[nH]c(CNC(=O)CC2CCCCC2)cc1=O. The highest BCUT2D eigenvalue weighted by Crippen LogP contribution is 2.26. The Balaban J connectivity index is 1.79. The van der Waals surface area contributed by atoms with E-state index in [9.17, 15) is 9.59 Å². The Morgan fingerprint density at radius 1 is 1.35 bits per heavy atom. The second-order valence-electron chi connectivity index (χ2n) is 6.88. The van der Waals surface area contributed by atoms with E-state index in [1.807, 2.05) is 13.8 Å². The van der Waals surface area contributed by atoms with Crippen molar-refractivity contribution >= 4 is 5.91 Å². The van der Waals surface area contributed by atoms with Crippen LogP contribution in [-0.2, 0) is 11.3 Å². The van der Waals surface area contributed by atoms with E-state index < -0.39 is 0 Å². The van der Waals surface area contributed by atoms with Gasteiger partial charge in [0.1, 0.15) is 0 Å². The molecule has 0 unspecified atom stereocenters. The van der Waals surface area contributed by atoms with Crippen LogP contribution in [0.3, 0.4) is 0 Å². The number of ether oxygens (including phenoxy) is 1. The fourth-order valence-corrected chi connectivity index (χ4v) is 2.89. The number of amides is 1. The molecule has 1 heterocycles. The lowest BCUT2D eigenvalue weighted by atomic mass is 9.87. The van der Waals surface area contributed by atoms with E-state index in [0.29, 0.717) is 42.9 Å². The molecule has 1 aromatic heterocycles. The number of aromatic nitrogens is 1. The maximum absolute atomic E-state index is 12.0. The summed E-state index contributed by atoms with van der Waals surface area (Å²) in [5.41, 5.74) is 0.546. The van der Waals surface area contributed by atoms with Gasteiger partial charge in [-0.2, -0.15) is 0 Å². The predicted molar refractivity (Wildman–Crippen MR) is 90.4 cm³/mol. The van der Waals surface area contributed by atoms with Crippen molar-refractivity contribution in [2.75, 3.05) is 6.61 Å². The Morgan fingerprint density at radius 3 is 2.74 bits per heavy atom. The first kappa shape index (κ1) is 17.6. The van der Waals surface area contributed by atoms with E-state index in [2.05, 4.69) is 10.3 Å². The minimum absolute atomic E-state index is 0.0675. The summed E-state index contributed by atoms with van der Waals surface area (Å²) < 4.78 is 5.45. The first-order chi connectivity index (χ1) is 11.0. The van der Waals surface area contributed by atoms with Crippen molar-refractivity contribution in [3.63, 3.8) is 0 Å². The zero-order valence-electron chi connectivity index (χ0n) is 14.2. The Bertz CT molecular complexity index is 560. The Kier molecular flexibility index (Phi) is 6.68. The van der Waals surface area contributed by atoms with Crippen molar-refractivity contribution in [1.29, 1.82) is 0 Å². The number of carbonyl (C=O) groups excluding carboxylic acids is 1. The number of nitrogens with one attached hydrogen (secondary N) is 2. The molecule has 1 aliphatic carbocycles. The Morgan fingerprint density at radius 2 is 2.09 bits per heavy atom. The summed E-state index contributed by atoms with van der Waals surface area (Å²) in [4.78, 5) is 27.0. The van der Waals surface area contributed by atoms with Gasteiger partial charge < -0.3 is 15.0 Å². The van der Waals surface area contributed by atoms with Gasteiger partial charge in [-0.1, -0.05) is 33.1 Å². The second-order valence-corrected chi connectivity index (χ2v) is 6.88. The molecule has 5 nitrogen and oxygen atoms in total. The summed E-state index contributed by atoms with van der Waals surface area (Å²) in [5, 5.41) is 2.89. The molecule has 0 aromatic carbocycles. The van der Waals surface area contributed by atoms with Crippen LogP contribution in [0.2, 0.25) is 0 Å². The summed E-state index contributed by atoms with van der Waals surface area (Å²) in [6.07, 6.45) is 8.27. The van der Waals surface area contributed by atoms with Crippen LogP contribution in [-0.4, -0.2) is 17.5 Å². The predicted octanol–water partition coefficient (Wildman–Crippen LogP) is 3.00. The molecule has 2 N–H and O–H groups in total. The number of carbonyl (C=O) groups is 1. The third kappa shape index (κ3) is 6.08. The topological polar surface area (TPSA) is 71.2 Å². The zero-order chi connectivity index (χ0) is 16.7. The molecule has 1 saturated carbocycles. The molecule has 0 saturated heterocycles. The van der Waals surface area contributed by atoms with Gasteiger partial charge in [0.2, 0.25) is 11.3 Å². The minimum atomic E-state index is -0.152. The number of H-pyrrole nitrogens is 1. The number of aromatic amines is 1. The standard InChI is InChI=1S/C18H28N2O3/c1-13(2)12-23-17-11-19-15(9-16(17)21)10-20-18(22)8-14-6-4-3-5-7-14/h9,11,13-14H,3-8,10,12H2,1-2H3,(H,19,21)(H,20,22). The van der Waals surface area contributed by atoms with Crippen molar-refractivity contribution in [3.05, 3.63) is 28.2 Å². The molecule has 1 fully saturated rings. The molecular formula is C18H28N2O3. The lowest BCUT2D eigenvalue weighted by Gasteiger charge is -2.20. The minimum Gasteiger partial charge on any atom is -0.488 e. The van der Waals surface area contributed by atoms with Crippen LogP contribution < -0.4 is 15.5 Å². The fraction of sp³-hybridized carbons (Fsp3) is 0.667. The number of rotatable bonds is 7. The maximum atomic E-state index is 12.0. The average molecular weight is 320 g/mol. The summed E-state index contributed by atoms with van der Waals surface area (Å²) in [6, 6.07) is 1.50. The molecule has 128 valence electrons. The van der Waals surface area contributed by atoms with Gasteiger partial charge in [0, 0.05) is 24.4 Å². The van der Waals surface area contributed by atoms with Gasteiger partial charge in [-0.3, -0.25) is 9.59 Å². The Hall–Kier alpha value is -1.78. The van der Waals surface area contributed by atoms with E-state index in [-0.39, 0.29) is 11.3 Å². The van der Waals surface area contributed by atoms with Crippen molar-refractivity contribution in [1.82, 2.24) is 10.3 Å². The molecule has 0 spiro atoms. The monoisotopic (exact) mass is 320 g/mol. The summed E-state index contributed by atoms with van der Waals surface area (Å²) in [6.45, 7) is 4.93. The Labute approximate surface area is 137 Å². The molecule has 5 heteroatoms. The molecule has 1 amide bonds. The molecule has 23 heavy (non-hydrogen) atoms. The third-order valence-corrected chi connectivity index (χ3v) is 4.18. The van der Waals surface area contributed by atoms with E-state index in [1.54, 1.807) is 6.20 Å². The van der Waals surface area contributed by atoms with Crippen molar-refractivity contribution in [3.8, 4) is 5.75 Å². The summed E-state index contributed by atoms with van der Waals surface area (Å²) in [7, 11) is 0. The van der Waals surface area contributed by atoms with Crippen LogP contribution in [0.5, 0.6) is 5.75 Å². The highest BCUT2D eigenvalue weighted by molar-refractivity contribution is 5.76. The maximum Gasteiger partial charge on any atom is 0.223 e. The van der Waals surface area contributed by atoms with Crippen LogP contribution >= 0.6 is 0 Å². The van der Waals surface area contributed by atoms with Crippen LogP contribution in [0.25, 0.3) is 0 Å². The highest BCUT2D eigenvalue weighted by Gasteiger charge is 2.16. The van der Waals surface area contributed by atoms with Gasteiger partial charge in [-0.15, -0.1) is 0 Å². The molecule has 1 aliphatic rings. The second kappa shape index (κ2) is 8.75. The lowest BCUT2D eigenvalue weighted by molar-refractivity contribution is -0.122. The fourth-order valence-electron chi connectivity index (χ4n) is 2.89. The van der Waals surface area contributed by atoms with Crippen LogP contribution in [0.15, 0.2) is 17.1 Å². The number of pyridine rings is 1. The normalized spacial score (nSPS) is 15.6. The first-order valence-corrected chi connectivity index (χ1v) is 8.65. The van der Waals surface area contributed by atoms with E-state index in [0.717, 1.165) is 12.8 Å². The van der Waals surface area contributed by atoms with Crippen LogP contribution in [0, 0.1) is 11.8 Å². The molecule has 0 bridgehead atoms. The molecule has 0 atom stereocenters. The molecule has 0 aliphatic heterocycles. The largest absolute Gasteiger partial charge is 0.488 e. The number of hydrogen-bond acceptors (Lipinski definition) is 3. The number of hydrogen-bond donors (Lipinski definition) is 2. The van der Waals surface area contributed by atoms with Crippen LogP contribution in [0.4, 0.5) is 0 Å². The van der Waals surface area contributed by atoms with Crippen molar-refractivity contribution in [2.45, 2.75) is 58.9 Å². The third-order valence-electron chi connectivity index (χ3n) is 4.18. The smallest absolute Gasteiger partial charge is 0.223 e. The van der Waals surface area contributed by atoms with E-state index >= 15 is 0 Å². The van der Waals surface area contributed by atoms with E-state index in [1.165, 1.54) is 25.3 Å². The van der Waals surface area contributed by atoms with Gasteiger partial charge in [0.15, 0.2) is 5.75 Å². The molecule has 0 radical (unpaired) electrons. The van der Waals surface area contributed by atoms with Crippen LogP contribution in [0.1, 0.15) is 58.1 Å². The quantitative estimate of drug-likeness (QED) is 0.811. The van der Waals surface area contributed by atoms with E-state index in [4.69, 9.17) is 4.74 Å². The highest BCUT2D eigenvalue weighted by atomic mass is 16.5. The summed E-state index contributed by atoms with van der Waals surface area (Å²) >= 11 is 0. The van der Waals surface area contributed by atoms with Gasteiger partial charge in [-0.25, -0.2) is 0 Å². The van der Waals surface area contributed by atoms with Crippen molar-refractivity contribution < 1.29 is 9.53 Å². The first-order valence-electron chi connectivity index (χ1n) is 8.65. The average Bonchev–Trinajstić information content (AvgIpc) is 2.53. The molecular weight excluding hydrogens is 292 g/mol. The van der Waals surface area contributed by atoms with Crippen molar-refractivity contribution in [2.24, 2.45) is 11.8 Å². The zero-order valence-corrected chi connectivity index (χ0v) is 14.2.